The van der Waals surface area contributed by atoms with Gasteiger partial charge in [-0.05, 0) is 130 Å². The molecule has 0 N–H and O–H groups in total. The monoisotopic (exact) mass is 828 g/mol. The maximum absolute atomic E-state index is 5.62. The molecule has 1 spiro atoms. The van der Waals surface area contributed by atoms with E-state index in [1.807, 2.05) is 60.7 Å². The van der Waals surface area contributed by atoms with Crippen LogP contribution >= 0.6 is 0 Å². The average Bonchev–Trinajstić information content (AvgIpc) is 3.27. The predicted molar refractivity (Wildman–Crippen MR) is 237 cm³/mol. The second-order valence-electron chi connectivity index (χ2n) is 19.8. The number of nitrogens with zero attached hydrogens (tertiary/aromatic N) is 4. The Morgan fingerprint density at radius 3 is 1.02 bits per heavy atom. The number of hydrogen-bond acceptors (Lipinski definition) is 2. The first kappa shape index (κ1) is 46.0. The number of rotatable bonds is 8. The number of hydrogen-bond donors (Lipinski definition) is 0. The van der Waals surface area contributed by atoms with E-state index in [1.165, 1.54) is 22.3 Å². The van der Waals surface area contributed by atoms with E-state index < -0.39 is 0 Å². The van der Waals surface area contributed by atoms with Crippen molar-refractivity contribution >= 4 is 0 Å². The second kappa shape index (κ2) is 18.1. The Bertz CT molecular complexity index is 1650. The van der Waals surface area contributed by atoms with Crippen LogP contribution in [0.5, 0.6) is 0 Å². The summed E-state index contributed by atoms with van der Waals surface area (Å²) in [5.41, 5.74) is 8.67. The van der Waals surface area contributed by atoms with Gasteiger partial charge in [0.2, 0.25) is 0 Å². The van der Waals surface area contributed by atoms with Crippen LogP contribution in [0.2, 0.25) is 0 Å². The van der Waals surface area contributed by atoms with E-state index in [-0.39, 0.29) is 65.9 Å². The molecule has 2 unspecified atom stereocenters. The molecule has 3 aliphatic rings. The zero-order valence-electron chi connectivity index (χ0n) is 36.7. The fourth-order valence-electron chi connectivity index (χ4n) is 10.3. The zero-order valence-corrected chi connectivity index (χ0v) is 39.2. The summed E-state index contributed by atoms with van der Waals surface area (Å²) in [4.78, 5) is 5.23. The molecule has 4 nitrogen and oxygen atoms in total. The van der Waals surface area contributed by atoms with Crippen LogP contribution in [0.1, 0.15) is 128 Å². The van der Waals surface area contributed by atoms with Gasteiger partial charge in [0.05, 0.1) is 0 Å². The molecule has 0 aromatic heterocycles. The van der Waals surface area contributed by atoms with E-state index in [0.717, 1.165) is 37.3 Å². The van der Waals surface area contributed by atoms with E-state index in [2.05, 4.69) is 155 Å². The molecular weight excluding hydrogens is 760 g/mol. The molecule has 3 aliphatic carbocycles. The smallest absolute Gasteiger partial charge is 0.0316 e. The SMILES string of the molecule is CC(C)(C)N(CC[N-][C@@H]1C2c3ccccc3C23c2ccccc2C3[C@H]1[N-]CCN(C(C)(C)C)C(C)(C)C)C(C)(C)C.[CH2-]c1ccccc1.[CH2-]c1ccccc1.[Zr]. The third-order valence-electron chi connectivity index (χ3n) is 11.7. The van der Waals surface area contributed by atoms with Gasteiger partial charge in [-0.1, -0.05) is 60.7 Å². The van der Waals surface area contributed by atoms with E-state index in [1.54, 1.807) is 0 Å². The Morgan fingerprint density at radius 2 is 0.750 bits per heavy atom. The summed E-state index contributed by atoms with van der Waals surface area (Å²) in [6, 6.07) is 38.6. The first-order chi connectivity index (χ1) is 25.7. The molecule has 4 atom stereocenters. The third kappa shape index (κ3) is 9.78. The van der Waals surface area contributed by atoms with Crippen molar-refractivity contribution in [3.63, 3.8) is 0 Å². The van der Waals surface area contributed by atoms with Gasteiger partial charge >= 0.3 is 0 Å². The Morgan fingerprint density at radius 1 is 0.464 bits per heavy atom. The molecule has 302 valence electrons. The molecule has 5 heteroatoms. The fourth-order valence-corrected chi connectivity index (χ4v) is 10.3. The average molecular weight is 830 g/mol. The van der Waals surface area contributed by atoms with Crippen LogP contribution in [0.3, 0.4) is 0 Å². The molecule has 56 heavy (non-hydrogen) atoms. The van der Waals surface area contributed by atoms with Gasteiger partial charge in [-0.3, -0.25) is 9.80 Å². The third-order valence-corrected chi connectivity index (χ3v) is 11.7. The first-order valence-electron chi connectivity index (χ1n) is 20.5. The van der Waals surface area contributed by atoms with Gasteiger partial charge in [0, 0.05) is 53.8 Å². The van der Waals surface area contributed by atoms with Crippen molar-refractivity contribution in [1.82, 2.24) is 9.80 Å². The van der Waals surface area contributed by atoms with Gasteiger partial charge in [-0.2, -0.15) is 49.2 Å². The van der Waals surface area contributed by atoms with Crippen LogP contribution in [0, 0.1) is 13.8 Å². The summed E-state index contributed by atoms with van der Waals surface area (Å²) < 4.78 is 0. The Hall–Kier alpha value is -2.66. The molecule has 0 bridgehead atoms. The fraction of sp³-hybridized carbons (Fsp3) is 0.490. The largest absolute Gasteiger partial charge is 0.659 e. The first-order valence-corrected chi connectivity index (χ1v) is 20.5. The van der Waals surface area contributed by atoms with Crippen molar-refractivity contribution < 1.29 is 26.2 Å². The molecule has 1 fully saturated rings. The maximum atomic E-state index is 5.62. The van der Waals surface area contributed by atoms with E-state index >= 15 is 0 Å². The Balaban J connectivity index is 0.000000388. The van der Waals surface area contributed by atoms with Crippen molar-refractivity contribution in [3.05, 3.63) is 167 Å². The summed E-state index contributed by atoms with van der Waals surface area (Å²) in [5, 5.41) is 11.2. The summed E-state index contributed by atoms with van der Waals surface area (Å²) in [7, 11) is 0. The van der Waals surface area contributed by atoms with Crippen LogP contribution < -0.4 is 0 Å². The minimum absolute atomic E-state index is 0. The van der Waals surface area contributed by atoms with Crippen molar-refractivity contribution in [2.45, 2.75) is 135 Å². The molecule has 4 aromatic carbocycles. The summed E-state index contributed by atoms with van der Waals surface area (Å²) in [5.74, 6) is 0.845. The van der Waals surface area contributed by atoms with Crippen molar-refractivity contribution in [2.24, 2.45) is 0 Å². The van der Waals surface area contributed by atoms with E-state index in [9.17, 15) is 0 Å². The zero-order chi connectivity index (χ0) is 40.4. The molecule has 0 aliphatic heterocycles. The topological polar surface area (TPSA) is 34.7 Å². The van der Waals surface area contributed by atoms with Gasteiger partial charge < -0.3 is 10.6 Å². The van der Waals surface area contributed by atoms with Crippen molar-refractivity contribution in [3.8, 4) is 0 Å². The van der Waals surface area contributed by atoms with Crippen LogP contribution in [-0.2, 0) is 31.6 Å². The molecular formula is C51H70N4Zr-4. The predicted octanol–water partition coefficient (Wildman–Crippen LogP) is 12.2. The standard InChI is InChI=1S/C37H56N4.2C7H7.Zr/c1-33(2,3)40(34(4,5)6)23-21-38-31-29-25-17-13-15-19-27(25)37(29)28-20-16-14-18-26(28)30(37)32(31)39-22-24-41(35(7,8)9)36(10,11)12;2*1-7-5-3-2-4-6-7;/h13-20,29-32H,21-24H2,1-12H3;2*2-6H,1H2;/q-2;2*-1;/t29?,30?,31-,32-,37?;;;/m1.../s1. The van der Waals surface area contributed by atoms with Gasteiger partial charge in [0.15, 0.2) is 0 Å². The molecule has 4 aromatic rings. The summed E-state index contributed by atoms with van der Waals surface area (Å²) in [6.45, 7) is 39.0. The van der Waals surface area contributed by atoms with E-state index in [0.29, 0.717) is 11.8 Å². The van der Waals surface area contributed by atoms with E-state index in [4.69, 9.17) is 10.6 Å². The van der Waals surface area contributed by atoms with Crippen LogP contribution in [0.4, 0.5) is 0 Å². The van der Waals surface area contributed by atoms with Gasteiger partial charge in [0.1, 0.15) is 0 Å². The van der Waals surface area contributed by atoms with Crippen molar-refractivity contribution in [2.75, 3.05) is 26.2 Å². The van der Waals surface area contributed by atoms with Crippen LogP contribution in [0.25, 0.3) is 10.6 Å². The number of fused-ring (bicyclic) bond motifs is 4. The second-order valence-corrected chi connectivity index (χ2v) is 19.8. The maximum Gasteiger partial charge on any atom is 0.0316 e. The molecule has 0 saturated heterocycles. The normalized spacial score (nSPS) is 22.0. The quantitative estimate of drug-likeness (QED) is 0.166. The molecule has 0 radical (unpaired) electrons. The minimum Gasteiger partial charge on any atom is -0.659 e. The Labute approximate surface area is 361 Å². The van der Waals surface area contributed by atoms with Gasteiger partial charge in [-0.25, -0.2) is 0 Å². The van der Waals surface area contributed by atoms with Gasteiger partial charge in [-0.15, -0.1) is 49.4 Å². The minimum atomic E-state index is 0. The van der Waals surface area contributed by atoms with Gasteiger partial charge in [0.25, 0.3) is 0 Å². The molecule has 1 saturated carbocycles. The van der Waals surface area contributed by atoms with Crippen LogP contribution in [-0.4, -0.2) is 70.2 Å². The molecule has 0 heterocycles. The van der Waals surface area contributed by atoms with Crippen LogP contribution in [0.15, 0.2) is 109 Å². The Kier molecular flexibility index (Phi) is 14.9. The number of benzene rings is 4. The van der Waals surface area contributed by atoms with Crippen molar-refractivity contribution in [1.29, 1.82) is 0 Å². The summed E-state index contributed by atoms with van der Waals surface area (Å²) in [6.07, 6.45) is 0. The summed E-state index contributed by atoms with van der Waals surface area (Å²) >= 11 is 0. The molecule has 7 rings (SSSR count). The molecule has 0 amide bonds.